The minimum Gasteiger partial charge on any atom is -0.480 e. The van der Waals surface area contributed by atoms with Crippen molar-refractivity contribution >= 4 is 35.5 Å². The first-order valence-corrected chi connectivity index (χ1v) is 20.3. The fourth-order valence-electron chi connectivity index (χ4n) is 7.99. The Kier molecular flexibility index (Phi) is 20.1. The van der Waals surface area contributed by atoms with Gasteiger partial charge in [-0.05, 0) is 43.2 Å². The molecule has 5 amide bonds. The lowest BCUT2D eigenvalue weighted by Gasteiger charge is -2.41. The summed E-state index contributed by atoms with van der Waals surface area (Å²) in [5, 5.41) is 18.3. The highest BCUT2D eigenvalue weighted by atomic mass is 16.5. The minimum atomic E-state index is -1.15. The van der Waals surface area contributed by atoms with Crippen LogP contribution in [0.15, 0.2) is 30.3 Å². The van der Waals surface area contributed by atoms with Crippen molar-refractivity contribution in [2.75, 3.05) is 48.5 Å². The molecule has 1 saturated heterocycles. The topological polar surface area (TPSA) is 187 Å². The molecule has 1 aromatic rings. The van der Waals surface area contributed by atoms with Gasteiger partial charge >= 0.3 is 5.97 Å². The number of likely N-dealkylation sites (N-methyl/N-ethyl adjacent to an activating group) is 3. The van der Waals surface area contributed by atoms with Crippen LogP contribution in [0.2, 0.25) is 0 Å². The molecule has 0 unspecified atom stereocenters. The molecule has 1 aliphatic heterocycles. The number of nitrogens with zero attached hydrogens (tertiary/aromatic N) is 3. The average Bonchev–Trinajstić information content (AvgIpc) is 3.66. The predicted molar refractivity (Wildman–Crippen MR) is 218 cm³/mol. The molecule has 15 heteroatoms. The van der Waals surface area contributed by atoms with Gasteiger partial charge in [-0.2, -0.15) is 0 Å². The number of rotatable bonds is 23. The highest BCUT2D eigenvalue weighted by molar-refractivity contribution is 5.93. The molecule has 2 rings (SSSR count). The Morgan fingerprint density at radius 3 is 2.04 bits per heavy atom. The fourth-order valence-corrected chi connectivity index (χ4v) is 7.99. The monoisotopic (exact) mass is 803 g/mol. The molecule has 1 fully saturated rings. The van der Waals surface area contributed by atoms with Gasteiger partial charge in [-0.25, -0.2) is 4.79 Å². The Hall–Kier alpha value is -4.08. The van der Waals surface area contributed by atoms with Crippen LogP contribution in [0.5, 0.6) is 0 Å². The number of aliphatic carboxylic acids is 1. The van der Waals surface area contributed by atoms with Gasteiger partial charge in [0, 0.05) is 41.3 Å². The van der Waals surface area contributed by atoms with Crippen molar-refractivity contribution in [3.8, 4) is 0 Å². The molecular formula is C42H70N6O9. The maximum absolute atomic E-state index is 14.4. The molecule has 322 valence electrons. The van der Waals surface area contributed by atoms with Crippen LogP contribution in [-0.4, -0.2) is 146 Å². The van der Waals surface area contributed by atoms with Gasteiger partial charge in [-0.3, -0.25) is 24.0 Å². The van der Waals surface area contributed by atoms with Gasteiger partial charge in [0.2, 0.25) is 29.5 Å². The van der Waals surface area contributed by atoms with E-state index >= 15 is 0 Å². The predicted octanol–water partition coefficient (Wildman–Crippen LogP) is 2.56. The first kappa shape index (κ1) is 49.1. The molecule has 1 aliphatic rings. The Labute approximate surface area is 339 Å². The second-order valence-electron chi connectivity index (χ2n) is 16.1. The van der Waals surface area contributed by atoms with Crippen LogP contribution >= 0.6 is 0 Å². The summed E-state index contributed by atoms with van der Waals surface area (Å²) >= 11 is 0. The molecule has 0 aliphatic carbocycles. The number of amides is 5. The number of carboxylic acid groups (broad SMARTS) is 1. The lowest BCUT2D eigenvalue weighted by Crippen LogP contribution is -2.60. The van der Waals surface area contributed by atoms with Crippen molar-refractivity contribution in [3.05, 3.63) is 35.9 Å². The van der Waals surface area contributed by atoms with Crippen molar-refractivity contribution in [3.63, 3.8) is 0 Å². The summed E-state index contributed by atoms with van der Waals surface area (Å²) in [5.41, 5.74) is 0.773. The number of carbonyl (C=O) groups excluding carboxylic acids is 5. The van der Waals surface area contributed by atoms with E-state index in [1.54, 1.807) is 50.0 Å². The third-order valence-electron chi connectivity index (χ3n) is 11.4. The number of likely N-dealkylation sites (tertiary alicyclic amines) is 1. The molecule has 0 saturated carbocycles. The Morgan fingerprint density at radius 1 is 0.895 bits per heavy atom. The average molecular weight is 803 g/mol. The van der Waals surface area contributed by atoms with E-state index < -0.39 is 66.1 Å². The summed E-state index contributed by atoms with van der Waals surface area (Å²) in [5.74, 6) is -4.27. The Morgan fingerprint density at radius 2 is 1.53 bits per heavy atom. The SMILES string of the molecule is CC[C@H](C)[C@@H]([C@@H](CC(=O)N1CCC[C@H]1[C@H](OC)[C@@H](C)C(=O)N[C@@H](Cc1ccccc1)C(=O)O)OC)N(C)C(=O)[C@@H](NC(=O)[C@H](C(C)C)N(C)C(=O)CNC)C(C)C. The molecule has 4 N–H and O–H groups in total. The van der Waals surface area contributed by atoms with E-state index in [1.807, 2.05) is 59.7 Å². The molecule has 0 radical (unpaired) electrons. The first-order chi connectivity index (χ1) is 26.9. The van der Waals surface area contributed by atoms with Crippen molar-refractivity contribution in [2.24, 2.45) is 23.7 Å². The Balaban J connectivity index is 2.29. The number of ether oxygens (including phenoxy) is 2. The van der Waals surface area contributed by atoms with E-state index in [4.69, 9.17) is 9.47 Å². The molecule has 0 aromatic heterocycles. The molecule has 0 bridgehead atoms. The van der Waals surface area contributed by atoms with E-state index in [9.17, 15) is 33.9 Å². The van der Waals surface area contributed by atoms with E-state index in [0.29, 0.717) is 25.8 Å². The maximum atomic E-state index is 14.4. The number of carboxylic acids is 1. The molecule has 0 spiro atoms. The molecule has 1 aromatic carbocycles. The van der Waals surface area contributed by atoms with Crippen molar-refractivity contribution in [1.82, 2.24) is 30.7 Å². The highest BCUT2D eigenvalue weighted by Gasteiger charge is 2.43. The summed E-state index contributed by atoms with van der Waals surface area (Å²) in [7, 11) is 7.90. The van der Waals surface area contributed by atoms with Crippen LogP contribution < -0.4 is 16.0 Å². The fraction of sp³-hybridized carbons (Fsp3) is 0.714. The largest absolute Gasteiger partial charge is 0.480 e. The van der Waals surface area contributed by atoms with Gasteiger partial charge in [0.25, 0.3) is 0 Å². The van der Waals surface area contributed by atoms with Crippen molar-refractivity contribution in [2.45, 2.75) is 123 Å². The molecule has 9 atom stereocenters. The van der Waals surface area contributed by atoms with Gasteiger partial charge < -0.3 is 45.2 Å². The zero-order chi connectivity index (χ0) is 43.1. The molecular weight excluding hydrogens is 732 g/mol. The summed E-state index contributed by atoms with van der Waals surface area (Å²) in [4.78, 5) is 85.4. The zero-order valence-corrected chi connectivity index (χ0v) is 36.2. The summed E-state index contributed by atoms with van der Waals surface area (Å²) in [6.45, 7) is 13.6. The molecule has 15 nitrogen and oxygen atoms in total. The van der Waals surface area contributed by atoms with Crippen LogP contribution in [0, 0.1) is 23.7 Å². The molecule has 1 heterocycles. The van der Waals surface area contributed by atoms with Gasteiger partial charge in [0.15, 0.2) is 0 Å². The lowest BCUT2D eigenvalue weighted by molar-refractivity contribution is -0.149. The number of carbonyl (C=O) groups is 6. The normalized spacial score (nSPS) is 18.5. The van der Waals surface area contributed by atoms with E-state index in [0.717, 1.165) is 5.56 Å². The second-order valence-corrected chi connectivity index (χ2v) is 16.1. The summed E-state index contributed by atoms with van der Waals surface area (Å²) < 4.78 is 11.9. The van der Waals surface area contributed by atoms with Gasteiger partial charge in [-0.15, -0.1) is 0 Å². The van der Waals surface area contributed by atoms with E-state index in [-0.39, 0.29) is 54.9 Å². The van der Waals surface area contributed by atoms with E-state index in [2.05, 4.69) is 16.0 Å². The number of methoxy groups -OCH3 is 2. The minimum absolute atomic E-state index is 0.0543. The second kappa shape index (κ2) is 23.4. The summed E-state index contributed by atoms with van der Waals surface area (Å²) in [6, 6.07) is 5.21. The van der Waals surface area contributed by atoms with Crippen LogP contribution in [0.4, 0.5) is 0 Å². The van der Waals surface area contributed by atoms with E-state index in [1.165, 1.54) is 19.1 Å². The van der Waals surface area contributed by atoms with Gasteiger partial charge in [-0.1, -0.05) is 85.2 Å². The van der Waals surface area contributed by atoms with Gasteiger partial charge in [0.05, 0.1) is 43.2 Å². The summed E-state index contributed by atoms with van der Waals surface area (Å²) in [6.07, 6.45) is 0.583. The number of benzene rings is 1. The maximum Gasteiger partial charge on any atom is 0.326 e. The smallest absolute Gasteiger partial charge is 0.326 e. The third-order valence-corrected chi connectivity index (χ3v) is 11.4. The molecule has 57 heavy (non-hydrogen) atoms. The number of nitrogens with one attached hydrogen (secondary N) is 3. The number of hydrogen-bond donors (Lipinski definition) is 4. The van der Waals surface area contributed by atoms with Crippen LogP contribution in [0.1, 0.15) is 79.7 Å². The Bertz CT molecular complexity index is 1480. The third kappa shape index (κ3) is 13.2. The van der Waals surface area contributed by atoms with Crippen molar-refractivity contribution in [1.29, 1.82) is 0 Å². The van der Waals surface area contributed by atoms with Gasteiger partial charge in [0.1, 0.15) is 18.1 Å². The highest BCUT2D eigenvalue weighted by Crippen LogP contribution is 2.30. The zero-order valence-electron chi connectivity index (χ0n) is 36.2. The number of hydrogen-bond acceptors (Lipinski definition) is 9. The first-order valence-electron chi connectivity index (χ1n) is 20.3. The van der Waals surface area contributed by atoms with Crippen LogP contribution in [0.25, 0.3) is 0 Å². The van der Waals surface area contributed by atoms with Crippen LogP contribution in [-0.2, 0) is 44.7 Å². The van der Waals surface area contributed by atoms with Crippen molar-refractivity contribution < 1.29 is 43.3 Å². The standard InChI is InChI=1S/C42H70N6O9/c1-13-27(6)37(47(10)41(53)35(25(2)3)45-40(52)36(26(4)5)46(9)34(50)24-43-8)32(56-11)23-33(49)48-21-17-20-31(48)38(57-12)28(7)39(51)44-30(42(54)55)22-29-18-15-14-16-19-29/h14-16,18-19,25-28,30-32,35-38,43H,13,17,20-24H2,1-12H3,(H,44,51)(H,45,52)(H,54,55)/t27-,28+,30-,31-,32+,35-,36-,37-,38+/m0/s1. The van der Waals surface area contributed by atoms with Crippen LogP contribution in [0.3, 0.4) is 0 Å². The quantitative estimate of drug-likeness (QED) is 0.128. The lowest BCUT2D eigenvalue weighted by atomic mass is 9.89.